The minimum absolute atomic E-state index is 0.0363. The number of nitrogen functional groups attached to an aromatic ring is 1. The maximum absolute atomic E-state index is 13.3. The van der Waals surface area contributed by atoms with Crippen molar-refractivity contribution in [2.75, 3.05) is 5.73 Å². The average molecular weight is 302 g/mol. The quantitative estimate of drug-likeness (QED) is 0.794. The molecule has 0 aliphatic rings. The molecule has 0 spiro atoms. The molecule has 0 heterocycles. The number of anilines is 1. The van der Waals surface area contributed by atoms with Gasteiger partial charge in [-0.15, -0.1) is 0 Å². The Labute approximate surface area is 120 Å². The summed E-state index contributed by atoms with van der Waals surface area (Å²) in [6.07, 6.45) is 1.79. The first-order valence-electron chi connectivity index (χ1n) is 6.80. The first kappa shape index (κ1) is 16.9. The number of aryl methyl sites for hydroxylation is 1. The number of nitrogens with one attached hydrogen (secondary N) is 1. The van der Waals surface area contributed by atoms with E-state index in [9.17, 15) is 12.8 Å². The Hall–Kier alpha value is -1.14. The van der Waals surface area contributed by atoms with Crippen LogP contribution in [0.5, 0.6) is 0 Å². The van der Waals surface area contributed by atoms with Gasteiger partial charge in [0.2, 0.25) is 10.0 Å². The van der Waals surface area contributed by atoms with Gasteiger partial charge in [0.25, 0.3) is 0 Å². The van der Waals surface area contributed by atoms with E-state index in [1.165, 1.54) is 6.07 Å². The second-order valence-electron chi connectivity index (χ2n) is 5.13. The van der Waals surface area contributed by atoms with Crippen LogP contribution in [0.15, 0.2) is 17.0 Å². The Kier molecular flexibility index (Phi) is 5.53. The zero-order chi connectivity index (χ0) is 15.5. The van der Waals surface area contributed by atoms with Crippen molar-refractivity contribution >= 4 is 15.7 Å². The molecule has 0 radical (unpaired) electrons. The van der Waals surface area contributed by atoms with Crippen molar-refractivity contribution in [2.45, 2.75) is 51.5 Å². The van der Waals surface area contributed by atoms with Crippen molar-refractivity contribution in [1.82, 2.24) is 4.72 Å². The van der Waals surface area contributed by atoms with E-state index in [0.717, 1.165) is 18.9 Å². The van der Waals surface area contributed by atoms with E-state index in [1.54, 1.807) is 6.92 Å². The molecule has 0 aromatic heterocycles. The Bertz CT molecular complexity index is 569. The van der Waals surface area contributed by atoms with Gasteiger partial charge < -0.3 is 5.73 Å². The van der Waals surface area contributed by atoms with Crippen molar-refractivity contribution in [2.24, 2.45) is 5.92 Å². The lowest BCUT2D eigenvalue weighted by molar-refractivity contribution is 0.390. The van der Waals surface area contributed by atoms with Crippen molar-refractivity contribution in [3.05, 3.63) is 23.5 Å². The molecule has 0 saturated heterocycles. The second kappa shape index (κ2) is 6.54. The van der Waals surface area contributed by atoms with Crippen LogP contribution in [-0.2, 0) is 10.0 Å². The molecule has 1 aromatic rings. The Morgan fingerprint density at radius 3 is 2.35 bits per heavy atom. The number of halogens is 1. The molecule has 114 valence electrons. The molecule has 0 saturated carbocycles. The molecule has 0 bridgehead atoms. The van der Waals surface area contributed by atoms with Crippen LogP contribution in [0.2, 0.25) is 0 Å². The third-order valence-corrected chi connectivity index (χ3v) is 5.38. The first-order chi connectivity index (χ1) is 9.22. The molecule has 0 fully saturated rings. The monoisotopic (exact) mass is 302 g/mol. The van der Waals surface area contributed by atoms with Gasteiger partial charge in [0.15, 0.2) is 0 Å². The second-order valence-corrected chi connectivity index (χ2v) is 6.81. The van der Waals surface area contributed by atoms with Crippen molar-refractivity contribution in [3.63, 3.8) is 0 Å². The molecule has 4 nitrogen and oxygen atoms in total. The molecule has 1 rings (SSSR count). The van der Waals surface area contributed by atoms with Crippen LogP contribution < -0.4 is 10.5 Å². The number of hydrogen-bond donors (Lipinski definition) is 2. The van der Waals surface area contributed by atoms with Crippen LogP contribution in [0.25, 0.3) is 0 Å². The summed E-state index contributed by atoms with van der Waals surface area (Å²) < 4.78 is 40.7. The molecule has 0 amide bonds. The summed E-state index contributed by atoms with van der Waals surface area (Å²) in [7, 11) is -3.69. The molecular formula is C14H23FN2O2S. The third-order valence-electron chi connectivity index (χ3n) is 3.68. The largest absolute Gasteiger partial charge is 0.396 e. The summed E-state index contributed by atoms with van der Waals surface area (Å²) in [6, 6.07) is 2.14. The summed E-state index contributed by atoms with van der Waals surface area (Å²) in [5.41, 5.74) is 5.65. The molecule has 3 N–H and O–H groups in total. The van der Waals surface area contributed by atoms with Gasteiger partial charge in [0.05, 0.1) is 10.6 Å². The van der Waals surface area contributed by atoms with Crippen molar-refractivity contribution in [3.8, 4) is 0 Å². The van der Waals surface area contributed by atoms with Gasteiger partial charge in [-0.05, 0) is 37.5 Å². The summed E-state index contributed by atoms with van der Waals surface area (Å²) in [4.78, 5) is 0.0363. The molecule has 1 unspecified atom stereocenters. The van der Waals surface area contributed by atoms with Crippen LogP contribution in [0, 0.1) is 18.7 Å². The fraction of sp³-hybridized carbons (Fsp3) is 0.571. The fourth-order valence-corrected chi connectivity index (χ4v) is 3.93. The minimum Gasteiger partial charge on any atom is -0.396 e. The molecule has 20 heavy (non-hydrogen) atoms. The highest BCUT2D eigenvalue weighted by Crippen LogP contribution is 2.23. The van der Waals surface area contributed by atoms with Gasteiger partial charge in [0, 0.05) is 6.04 Å². The van der Waals surface area contributed by atoms with Gasteiger partial charge in [-0.3, -0.25) is 0 Å². The zero-order valence-electron chi connectivity index (χ0n) is 12.4. The van der Waals surface area contributed by atoms with Crippen LogP contribution in [0.3, 0.4) is 0 Å². The number of sulfonamides is 1. The Morgan fingerprint density at radius 2 is 1.85 bits per heavy atom. The van der Waals surface area contributed by atoms with Gasteiger partial charge in [-0.2, -0.15) is 0 Å². The van der Waals surface area contributed by atoms with E-state index in [0.29, 0.717) is 5.56 Å². The SMILES string of the molecule is CCC(CC)C(C)NS(=O)(=O)c1cc(N)c(F)cc1C. The number of rotatable bonds is 6. The van der Waals surface area contributed by atoms with E-state index in [4.69, 9.17) is 5.73 Å². The number of nitrogens with two attached hydrogens (primary N) is 1. The highest BCUT2D eigenvalue weighted by Gasteiger charge is 2.24. The summed E-state index contributed by atoms with van der Waals surface area (Å²) in [5.74, 6) is -0.336. The lowest BCUT2D eigenvalue weighted by Gasteiger charge is -2.23. The zero-order valence-corrected chi connectivity index (χ0v) is 13.2. The average Bonchev–Trinajstić information content (AvgIpc) is 2.34. The van der Waals surface area contributed by atoms with Gasteiger partial charge in [-0.1, -0.05) is 26.7 Å². The van der Waals surface area contributed by atoms with Gasteiger partial charge in [0.1, 0.15) is 5.82 Å². The van der Waals surface area contributed by atoms with Crippen molar-refractivity contribution < 1.29 is 12.8 Å². The summed E-state index contributed by atoms with van der Waals surface area (Å²) >= 11 is 0. The predicted molar refractivity (Wildman–Crippen MR) is 79.4 cm³/mol. The highest BCUT2D eigenvalue weighted by molar-refractivity contribution is 7.89. The minimum atomic E-state index is -3.69. The standard InChI is InChI=1S/C14H23FN2O2S/c1-5-11(6-2)10(4)17-20(18,19)14-8-13(16)12(15)7-9(14)3/h7-8,10-11,17H,5-6,16H2,1-4H3. The predicted octanol–water partition coefficient (Wildman–Crippen LogP) is 2.82. The third kappa shape index (κ3) is 3.70. The van der Waals surface area contributed by atoms with Gasteiger partial charge in [-0.25, -0.2) is 17.5 Å². The summed E-state index contributed by atoms with van der Waals surface area (Å²) in [6.45, 7) is 7.45. The Morgan fingerprint density at radius 1 is 1.30 bits per heavy atom. The maximum Gasteiger partial charge on any atom is 0.241 e. The molecule has 1 atom stereocenters. The van der Waals surface area contributed by atoms with Crippen LogP contribution in [0.1, 0.15) is 39.2 Å². The molecule has 1 aromatic carbocycles. The van der Waals surface area contributed by atoms with Gasteiger partial charge >= 0.3 is 0 Å². The Balaban J connectivity index is 3.09. The molecule has 0 aliphatic carbocycles. The van der Waals surface area contributed by atoms with E-state index in [-0.39, 0.29) is 22.5 Å². The lowest BCUT2D eigenvalue weighted by Crippen LogP contribution is -2.38. The topological polar surface area (TPSA) is 72.2 Å². The smallest absolute Gasteiger partial charge is 0.241 e. The number of benzene rings is 1. The van der Waals surface area contributed by atoms with Crippen molar-refractivity contribution in [1.29, 1.82) is 0 Å². The fourth-order valence-electron chi connectivity index (χ4n) is 2.36. The lowest BCUT2D eigenvalue weighted by atomic mass is 9.96. The van der Waals surface area contributed by atoms with E-state index < -0.39 is 15.8 Å². The maximum atomic E-state index is 13.3. The number of hydrogen-bond acceptors (Lipinski definition) is 3. The first-order valence-corrected chi connectivity index (χ1v) is 8.29. The summed E-state index contributed by atoms with van der Waals surface area (Å²) in [5, 5.41) is 0. The van der Waals surface area contributed by atoms with E-state index in [2.05, 4.69) is 4.72 Å². The van der Waals surface area contributed by atoms with E-state index in [1.807, 2.05) is 20.8 Å². The molecular weight excluding hydrogens is 279 g/mol. The van der Waals surface area contributed by atoms with Crippen LogP contribution in [-0.4, -0.2) is 14.5 Å². The molecule has 6 heteroatoms. The normalized spacial score (nSPS) is 13.7. The molecule has 0 aliphatic heterocycles. The van der Waals surface area contributed by atoms with Crippen LogP contribution in [0.4, 0.5) is 10.1 Å². The van der Waals surface area contributed by atoms with Crippen LogP contribution >= 0.6 is 0 Å². The highest BCUT2D eigenvalue weighted by atomic mass is 32.2. The van der Waals surface area contributed by atoms with E-state index >= 15 is 0 Å².